The highest BCUT2D eigenvalue weighted by Gasteiger charge is 2.13. The van der Waals surface area contributed by atoms with Gasteiger partial charge in [-0.1, -0.05) is 17.7 Å². The Morgan fingerprint density at radius 3 is 2.90 bits per heavy atom. The highest BCUT2D eigenvalue weighted by Crippen LogP contribution is 2.25. The number of hydrogen-bond acceptors (Lipinski definition) is 2. The number of halogens is 3. The second-order valence-corrected chi connectivity index (χ2v) is 6.10. The molecule has 20 heavy (non-hydrogen) atoms. The van der Waals surface area contributed by atoms with Crippen molar-refractivity contribution in [1.82, 2.24) is 9.55 Å². The van der Waals surface area contributed by atoms with Crippen LogP contribution in [-0.4, -0.2) is 9.55 Å². The molecule has 0 aliphatic heterocycles. The maximum absolute atomic E-state index is 13.7. The molecule has 3 rings (SSSR count). The summed E-state index contributed by atoms with van der Waals surface area (Å²) >= 11 is 13.4. The third kappa shape index (κ3) is 2.55. The minimum Gasteiger partial charge on any atom is -0.327 e. The lowest BCUT2D eigenvalue weighted by atomic mass is 10.3. The monoisotopic (exact) mass is 328 g/mol. The van der Waals surface area contributed by atoms with Crippen molar-refractivity contribution in [3.05, 3.63) is 51.2 Å². The molecule has 0 amide bonds. The number of benzene rings is 1. The van der Waals surface area contributed by atoms with E-state index in [1.54, 1.807) is 17.4 Å². The number of nitrogens with zero attached hydrogens (tertiary/aromatic N) is 2. The zero-order valence-corrected chi connectivity index (χ0v) is 12.8. The van der Waals surface area contributed by atoms with E-state index in [1.807, 2.05) is 16.0 Å². The number of imidazole rings is 1. The van der Waals surface area contributed by atoms with Crippen molar-refractivity contribution >= 4 is 45.6 Å². The van der Waals surface area contributed by atoms with Crippen LogP contribution in [0.25, 0.3) is 11.0 Å². The summed E-state index contributed by atoms with van der Waals surface area (Å²) in [6.07, 6.45) is 0.872. The van der Waals surface area contributed by atoms with E-state index in [0.717, 1.165) is 24.3 Å². The molecule has 0 spiro atoms. The summed E-state index contributed by atoms with van der Waals surface area (Å²) in [6, 6.07) is 7.08. The van der Waals surface area contributed by atoms with Gasteiger partial charge < -0.3 is 4.57 Å². The minimum atomic E-state index is -0.433. The molecule has 2 heterocycles. The van der Waals surface area contributed by atoms with Gasteiger partial charge in [0, 0.05) is 17.5 Å². The molecule has 0 saturated heterocycles. The number of thiophene rings is 1. The summed E-state index contributed by atoms with van der Waals surface area (Å²) in [5.41, 5.74) is 1.41. The van der Waals surface area contributed by atoms with E-state index >= 15 is 0 Å². The molecule has 2 nitrogen and oxygen atoms in total. The molecule has 0 N–H and O–H groups in total. The Balaban J connectivity index is 2.01. The normalized spacial score (nSPS) is 11.3. The Morgan fingerprint density at radius 2 is 2.20 bits per heavy atom. The van der Waals surface area contributed by atoms with Crippen molar-refractivity contribution in [3.63, 3.8) is 0 Å². The SMILES string of the molecule is Fc1cc2c(cc1Cl)nc(CCl)n2CCc1cccs1. The van der Waals surface area contributed by atoms with Gasteiger partial charge in [0.25, 0.3) is 0 Å². The van der Waals surface area contributed by atoms with Gasteiger partial charge in [-0.3, -0.25) is 0 Å². The van der Waals surface area contributed by atoms with Crippen LogP contribution in [0, 0.1) is 5.82 Å². The lowest BCUT2D eigenvalue weighted by Crippen LogP contribution is -2.04. The fourth-order valence-electron chi connectivity index (χ4n) is 2.20. The highest BCUT2D eigenvalue weighted by molar-refractivity contribution is 7.09. The molecule has 0 aliphatic rings. The summed E-state index contributed by atoms with van der Waals surface area (Å²) in [5, 5.41) is 2.13. The van der Waals surface area contributed by atoms with E-state index in [4.69, 9.17) is 23.2 Å². The fraction of sp³-hybridized carbons (Fsp3) is 0.214. The lowest BCUT2D eigenvalue weighted by molar-refractivity contribution is 0.627. The average molecular weight is 329 g/mol. The maximum Gasteiger partial charge on any atom is 0.144 e. The zero-order chi connectivity index (χ0) is 14.1. The number of rotatable bonds is 4. The summed E-state index contributed by atoms with van der Waals surface area (Å²) in [7, 11) is 0. The van der Waals surface area contributed by atoms with Gasteiger partial charge in [0.05, 0.1) is 21.9 Å². The summed E-state index contributed by atoms with van der Waals surface area (Å²) < 4.78 is 15.6. The molecule has 1 aromatic carbocycles. The molecule has 0 aliphatic carbocycles. The Bertz CT molecular complexity index is 737. The Labute approximate surface area is 129 Å². The number of aryl methyl sites for hydroxylation is 2. The molecular weight excluding hydrogens is 318 g/mol. The third-order valence-electron chi connectivity index (χ3n) is 3.15. The highest BCUT2D eigenvalue weighted by atomic mass is 35.5. The Morgan fingerprint density at radius 1 is 1.35 bits per heavy atom. The molecule has 2 aromatic heterocycles. The molecule has 3 aromatic rings. The second kappa shape index (κ2) is 5.72. The first-order valence-electron chi connectivity index (χ1n) is 6.11. The van der Waals surface area contributed by atoms with E-state index in [1.165, 1.54) is 10.9 Å². The van der Waals surface area contributed by atoms with Crippen LogP contribution in [0.1, 0.15) is 10.7 Å². The van der Waals surface area contributed by atoms with E-state index < -0.39 is 5.82 Å². The van der Waals surface area contributed by atoms with Crippen LogP contribution in [0.5, 0.6) is 0 Å². The van der Waals surface area contributed by atoms with E-state index in [2.05, 4.69) is 11.1 Å². The second-order valence-electron chi connectivity index (χ2n) is 4.40. The predicted octanol–water partition coefficient (Wildman–Crippen LogP) is 4.87. The zero-order valence-electron chi connectivity index (χ0n) is 10.4. The van der Waals surface area contributed by atoms with Crippen LogP contribution in [0.4, 0.5) is 4.39 Å². The lowest BCUT2D eigenvalue weighted by Gasteiger charge is -2.07. The molecule has 0 atom stereocenters. The average Bonchev–Trinajstić information content (AvgIpc) is 3.05. The summed E-state index contributed by atoms with van der Waals surface area (Å²) in [4.78, 5) is 5.70. The topological polar surface area (TPSA) is 17.8 Å². The first-order valence-corrected chi connectivity index (χ1v) is 7.90. The van der Waals surface area contributed by atoms with Crippen LogP contribution in [-0.2, 0) is 18.8 Å². The van der Waals surface area contributed by atoms with Gasteiger partial charge >= 0.3 is 0 Å². The van der Waals surface area contributed by atoms with Crippen molar-refractivity contribution in [2.24, 2.45) is 0 Å². The van der Waals surface area contributed by atoms with Gasteiger partial charge in [0.2, 0.25) is 0 Å². The van der Waals surface area contributed by atoms with Crippen LogP contribution in [0.15, 0.2) is 29.6 Å². The van der Waals surface area contributed by atoms with Gasteiger partial charge in [-0.05, 0) is 23.9 Å². The molecule has 0 fully saturated rings. The molecule has 104 valence electrons. The third-order valence-corrected chi connectivity index (χ3v) is 4.62. The molecule has 0 unspecified atom stereocenters. The van der Waals surface area contributed by atoms with Crippen molar-refractivity contribution in [1.29, 1.82) is 0 Å². The number of hydrogen-bond donors (Lipinski definition) is 0. The van der Waals surface area contributed by atoms with E-state index in [-0.39, 0.29) is 5.02 Å². The molecule has 0 saturated carbocycles. The van der Waals surface area contributed by atoms with E-state index in [0.29, 0.717) is 11.4 Å². The molecule has 6 heteroatoms. The smallest absolute Gasteiger partial charge is 0.144 e. The fourth-order valence-corrected chi connectivity index (χ4v) is 3.26. The molecular formula is C14H11Cl2FN2S. The number of aromatic nitrogens is 2. The quantitative estimate of drug-likeness (QED) is 0.624. The number of fused-ring (bicyclic) bond motifs is 1. The van der Waals surface area contributed by atoms with Crippen LogP contribution in [0.3, 0.4) is 0 Å². The summed E-state index contributed by atoms with van der Waals surface area (Å²) in [6.45, 7) is 0.722. The van der Waals surface area contributed by atoms with Gasteiger partial charge in [0.1, 0.15) is 11.6 Å². The van der Waals surface area contributed by atoms with Crippen molar-refractivity contribution in [3.8, 4) is 0 Å². The van der Waals surface area contributed by atoms with Crippen molar-refractivity contribution in [2.75, 3.05) is 0 Å². The molecule has 0 bridgehead atoms. The van der Waals surface area contributed by atoms with Crippen LogP contribution < -0.4 is 0 Å². The van der Waals surface area contributed by atoms with Gasteiger partial charge in [-0.15, -0.1) is 22.9 Å². The molecule has 0 radical (unpaired) electrons. The van der Waals surface area contributed by atoms with Crippen LogP contribution in [0.2, 0.25) is 5.02 Å². The standard InChI is InChI=1S/C14H11Cl2FN2S/c15-8-14-18-12-6-10(16)11(17)7-13(12)19(14)4-3-9-2-1-5-20-9/h1-2,5-7H,3-4,8H2. The predicted molar refractivity (Wildman–Crippen MR) is 82.3 cm³/mol. The van der Waals surface area contributed by atoms with E-state index in [9.17, 15) is 4.39 Å². The Hall–Kier alpha value is -1.10. The van der Waals surface area contributed by atoms with Gasteiger partial charge in [-0.2, -0.15) is 0 Å². The number of alkyl halides is 1. The van der Waals surface area contributed by atoms with Gasteiger partial charge in [-0.25, -0.2) is 9.37 Å². The van der Waals surface area contributed by atoms with Crippen LogP contribution >= 0.6 is 34.5 Å². The first-order chi connectivity index (χ1) is 9.69. The van der Waals surface area contributed by atoms with Crippen molar-refractivity contribution < 1.29 is 4.39 Å². The van der Waals surface area contributed by atoms with Crippen molar-refractivity contribution in [2.45, 2.75) is 18.8 Å². The van der Waals surface area contributed by atoms with Gasteiger partial charge in [0.15, 0.2) is 0 Å². The Kier molecular flexibility index (Phi) is 3.96. The summed E-state index contributed by atoms with van der Waals surface area (Å²) in [5.74, 6) is 0.593. The largest absolute Gasteiger partial charge is 0.327 e. The maximum atomic E-state index is 13.7. The first kappa shape index (κ1) is 13.9. The minimum absolute atomic E-state index is 0.0847.